The summed E-state index contributed by atoms with van der Waals surface area (Å²) in [6.45, 7) is 6.40. The van der Waals surface area contributed by atoms with Gasteiger partial charge in [-0.05, 0) is 122 Å². The number of unbranched alkanes of at least 4 members (excludes halogenated alkanes) is 18. The molecule has 0 N–H and O–H groups in total. The summed E-state index contributed by atoms with van der Waals surface area (Å²) in [7, 11) is 0. The Hall–Kier alpha value is -4.19. The van der Waals surface area contributed by atoms with Crippen molar-refractivity contribution in [2.75, 3.05) is 13.2 Å². The molecule has 0 aliphatic rings. The Bertz CT molecular complexity index is 1470. The van der Waals surface area contributed by atoms with Gasteiger partial charge in [0.15, 0.2) is 6.10 Å². The van der Waals surface area contributed by atoms with Crippen molar-refractivity contribution in [3.05, 3.63) is 122 Å². The third kappa shape index (κ3) is 54.6. The van der Waals surface area contributed by atoms with Crippen molar-refractivity contribution >= 4 is 17.9 Å². The molecular formula is C63H102O6. The molecule has 0 radical (unpaired) electrons. The predicted octanol–water partition coefficient (Wildman–Crippen LogP) is 18.9. The van der Waals surface area contributed by atoms with E-state index in [9.17, 15) is 14.4 Å². The lowest BCUT2D eigenvalue weighted by Crippen LogP contribution is -2.30. The molecule has 0 aliphatic heterocycles. The van der Waals surface area contributed by atoms with Crippen LogP contribution < -0.4 is 0 Å². The molecule has 1 unspecified atom stereocenters. The number of hydrogen-bond acceptors (Lipinski definition) is 6. The number of allylic oxidation sites excluding steroid dienone is 20. The molecule has 0 aliphatic carbocycles. The first kappa shape index (κ1) is 64.8. The van der Waals surface area contributed by atoms with Crippen LogP contribution in [0.4, 0.5) is 0 Å². The third-order valence-electron chi connectivity index (χ3n) is 11.4. The number of carbonyl (C=O) groups excluding carboxylic acids is 3. The second kappa shape index (κ2) is 56.4. The maximum atomic E-state index is 12.8. The van der Waals surface area contributed by atoms with Crippen LogP contribution in [0.1, 0.15) is 239 Å². The van der Waals surface area contributed by atoms with Crippen LogP contribution in [0, 0.1) is 0 Å². The zero-order chi connectivity index (χ0) is 50.0. The maximum absolute atomic E-state index is 12.8. The number of esters is 3. The van der Waals surface area contributed by atoms with Gasteiger partial charge in [-0.3, -0.25) is 14.4 Å². The van der Waals surface area contributed by atoms with E-state index < -0.39 is 6.10 Å². The molecule has 1 atom stereocenters. The second-order valence-electron chi connectivity index (χ2n) is 18.1. The van der Waals surface area contributed by atoms with Gasteiger partial charge >= 0.3 is 17.9 Å². The Morgan fingerprint density at radius 2 is 0.594 bits per heavy atom. The summed E-state index contributed by atoms with van der Waals surface area (Å²) in [5.41, 5.74) is 0. The van der Waals surface area contributed by atoms with Gasteiger partial charge in [0.2, 0.25) is 0 Å². The van der Waals surface area contributed by atoms with E-state index in [0.29, 0.717) is 19.3 Å². The van der Waals surface area contributed by atoms with Gasteiger partial charge in [0, 0.05) is 19.3 Å². The Morgan fingerprint density at radius 3 is 1.00 bits per heavy atom. The lowest BCUT2D eigenvalue weighted by molar-refractivity contribution is -0.167. The molecule has 0 heterocycles. The fourth-order valence-corrected chi connectivity index (χ4v) is 7.21. The van der Waals surface area contributed by atoms with Crippen molar-refractivity contribution in [1.29, 1.82) is 0 Å². The van der Waals surface area contributed by atoms with Crippen LogP contribution in [0.15, 0.2) is 122 Å². The lowest BCUT2D eigenvalue weighted by atomic mass is 10.1. The van der Waals surface area contributed by atoms with Gasteiger partial charge in [-0.2, -0.15) is 0 Å². The van der Waals surface area contributed by atoms with Crippen LogP contribution in [-0.2, 0) is 28.6 Å². The molecule has 0 spiro atoms. The predicted molar refractivity (Wildman–Crippen MR) is 297 cm³/mol. The molecule has 6 nitrogen and oxygen atoms in total. The van der Waals surface area contributed by atoms with Crippen molar-refractivity contribution in [1.82, 2.24) is 0 Å². The van der Waals surface area contributed by atoms with Gasteiger partial charge in [-0.25, -0.2) is 0 Å². The van der Waals surface area contributed by atoms with Crippen molar-refractivity contribution in [3.63, 3.8) is 0 Å². The highest BCUT2D eigenvalue weighted by atomic mass is 16.6. The van der Waals surface area contributed by atoms with Crippen LogP contribution in [0.25, 0.3) is 0 Å². The van der Waals surface area contributed by atoms with Crippen LogP contribution in [0.2, 0.25) is 0 Å². The van der Waals surface area contributed by atoms with Gasteiger partial charge < -0.3 is 14.2 Å². The average molecular weight is 956 g/mol. The highest BCUT2D eigenvalue weighted by Crippen LogP contribution is 2.13. The Balaban J connectivity index is 4.50. The molecule has 0 amide bonds. The van der Waals surface area contributed by atoms with Crippen molar-refractivity contribution in [2.24, 2.45) is 0 Å². The lowest BCUT2D eigenvalue weighted by Gasteiger charge is -2.18. The van der Waals surface area contributed by atoms with E-state index in [2.05, 4.69) is 142 Å². The van der Waals surface area contributed by atoms with Gasteiger partial charge in [0.05, 0.1) is 0 Å². The Labute approximate surface area is 424 Å². The minimum atomic E-state index is -0.815. The van der Waals surface area contributed by atoms with E-state index in [-0.39, 0.29) is 37.5 Å². The van der Waals surface area contributed by atoms with Gasteiger partial charge in [0.25, 0.3) is 0 Å². The molecule has 0 aromatic heterocycles. The summed E-state index contributed by atoms with van der Waals surface area (Å²) < 4.78 is 16.8. The summed E-state index contributed by atoms with van der Waals surface area (Å²) in [6, 6.07) is 0. The van der Waals surface area contributed by atoms with Gasteiger partial charge in [-0.1, -0.05) is 219 Å². The van der Waals surface area contributed by atoms with Crippen molar-refractivity contribution in [2.45, 2.75) is 245 Å². The van der Waals surface area contributed by atoms with E-state index in [1.807, 2.05) is 0 Å². The minimum Gasteiger partial charge on any atom is -0.462 e. The minimum absolute atomic E-state index is 0.109. The Morgan fingerprint density at radius 1 is 0.304 bits per heavy atom. The first-order valence-corrected chi connectivity index (χ1v) is 28.0. The summed E-state index contributed by atoms with van der Waals surface area (Å²) in [5, 5.41) is 0. The molecule has 0 saturated carbocycles. The van der Waals surface area contributed by atoms with Crippen molar-refractivity contribution in [3.8, 4) is 0 Å². The molecule has 390 valence electrons. The topological polar surface area (TPSA) is 78.9 Å². The van der Waals surface area contributed by atoms with Crippen molar-refractivity contribution < 1.29 is 28.6 Å². The zero-order valence-electron chi connectivity index (χ0n) is 44.5. The first-order valence-electron chi connectivity index (χ1n) is 28.0. The Kier molecular flexibility index (Phi) is 53.0. The summed E-state index contributed by atoms with van der Waals surface area (Å²) in [4.78, 5) is 38.1. The standard InChI is InChI=1S/C63H102O6/c1-4-7-10-13-16-19-22-25-28-29-30-31-32-33-34-35-36-39-41-44-47-50-53-56-62(65)68-59-60(69-63(66)57-54-51-48-45-42-38-27-24-21-18-15-12-9-6-3)58-67-61(64)55-52-49-46-43-40-37-26-23-20-17-14-11-8-5-2/h7,10,15-16,18-19,23-28,30-31,33-34,36,39,44,47,60H,4-6,8-9,11-14,17,20-22,29,32,35,37-38,40-43,45-46,48-59H2,1-3H3/b10-7-,18-15-,19-16-,26-23-,27-24-,28-25-,31-30-,34-33-,39-36-,47-44-. The van der Waals surface area contributed by atoms with E-state index in [4.69, 9.17) is 14.2 Å². The van der Waals surface area contributed by atoms with Gasteiger partial charge in [-0.15, -0.1) is 0 Å². The zero-order valence-corrected chi connectivity index (χ0v) is 44.5. The highest BCUT2D eigenvalue weighted by molar-refractivity contribution is 5.71. The summed E-state index contributed by atoms with van der Waals surface area (Å²) in [6.07, 6.45) is 77.6. The van der Waals surface area contributed by atoms with E-state index in [1.54, 1.807) is 0 Å². The molecule has 0 fully saturated rings. The largest absolute Gasteiger partial charge is 0.462 e. The first-order chi connectivity index (χ1) is 34.0. The second-order valence-corrected chi connectivity index (χ2v) is 18.1. The molecule has 0 bridgehead atoms. The third-order valence-corrected chi connectivity index (χ3v) is 11.4. The number of hydrogen-bond donors (Lipinski definition) is 0. The molecule has 69 heavy (non-hydrogen) atoms. The van der Waals surface area contributed by atoms with E-state index >= 15 is 0 Å². The van der Waals surface area contributed by atoms with E-state index in [0.717, 1.165) is 128 Å². The normalized spacial score (nSPS) is 13.0. The smallest absolute Gasteiger partial charge is 0.306 e. The quantitative estimate of drug-likeness (QED) is 0.0262. The highest BCUT2D eigenvalue weighted by Gasteiger charge is 2.19. The van der Waals surface area contributed by atoms with E-state index in [1.165, 1.54) is 64.2 Å². The molecule has 6 heteroatoms. The van der Waals surface area contributed by atoms with Crippen LogP contribution >= 0.6 is 0 Å². The molecule has 0 saturated heterocycles. The van der Waals surface area contributed by atoms with Gasteiger partial charge in [0.1, 0.15) is 13.2 Å². The van der Waals surface area contributed by atoms with Crippen LogP contribution in [0.3, 0.4) is 0 Å². The fourth-order valence-electron chi connectivity index (χ4n) is 7.21. The molecule has 0 aromatic rings. The molecule has 0 aromatic carbocycles. The monoisotopic (exact) mass is 955 g/mol. The number of ether oxygens (including phenoxy) is 3. The fraction of sp³-hybridized carbons (Fsp3) is 0.635. The summed E-state index contributed by atoms with van der Waals surface area (Å²) >= 11 is 0. The average Bonchev–Trinajstić information content (AvgIpc) is 3.35. The SMILES string of the molecule is CC/C=C\C/C=C\C/C=C\C/C=C\C/C=C\C/C=C\C/C=C\CCCC(=O)OCC(COC(=O)CCCCCCC/C=C\CCCCCCC)OC(=O)CCCCCCC/C=C\C/C=C\CCCC. The van der Waals surface area contributed by atoms with Crippen LogP contribution in [0.5, 0.6) is 0 Å². The van der Waals surface area contributed by atoms with Crippen LogP contribution in [-0.4, -0.2) is 37.2 Å². The summed E-state index contributed by atoms with van der Waals surface area (Å²) in [5.74, 6) is -0.997. The molecular weight excluding hydrogens is 853 g/mol. The molecule has 0 rings (SSSR count). The maximum Gasteiger partial charge on any atom is 0.306 e. The number of carbonyl (C=O) groups is 3. The number of rotatable bonds is 49.